The number of benzene rings is 1. The normalized spacial score (nSPS) is 15.7. The number of carbonyl (C=O) groups excluding carboxylic acids is 2. The van der Waals surface area contributed by atoms with E-state index in [0.29, 0.717) is 49.1 Å². The van der Waals surface area contributed by atoms with E-state index in [0.717, 1.165) is 4.68 Å². The molecule has 190 valence electrons. The highest BCUT2D eigenvalue weighted by Gasteiger charge is 2.27. The number of aromatic nitrogens is 4. The average molecular weight is 497 g/mol. The Morgan fingerprint density at radius 3 is 2.69 bits per heavy atom. The Morgan fingerprint density at radius 2 is 2.00 bits per heavy atom. The second-order valence-electron chi connectivity index (χ2n) is 8.28. The van der Waals surface area contributed by atoms with Gasteiger partial charge in [-0.3, -0.25) is 19.7 Å². The molecular weight excluding hydrogens is 468 g/mol. The molecule has 1 atom stereocenters. The zero-order chi connectivity index (χ0) is 25.8. The Kier molecular flexibility index (Phi) is 7.43. The van der Waals surface area contributed by atoms with Crippen LogP contribution in [0.4, 0.5) is 10.6 Å². The van der Waals surface area contributed by atoms with Crippen LogP contribution >= 0.6 is 0 Å². The smallest absolute Gasteiger partial charge is 0.320 e. The molecule has 1 saturated heterocycles. The number of nitrogens with one attached hydrogen (secondary N) is 2. The van der Waals surface area contributed by atoms with Crippen molar-refractivity contribution in [1.29, 1.82) is 0 Å². The number of hydroxylamine groups is 2. The molecule has 0 unspecified atom stereocenters. The number of hydrogen-bond acceptors (Lipinski definition) is 8. The van der Waals surface area contributed by atoms with Crippen molar-refractivity contribution in [3.8, 4) is 17.1 Å². The molecule has 2 aromatic heterocycles. The number of nitrogens with two attached hydrogens (primary N) is 1. The maximum Gasteiger partial charge on any atom is 0.320 e. The van der Waals surface area contributed by atoms with Crippen LogP contribution in [0.5, 0.6) is 0 Å². The number of rotatable bonds is 8. The minimum atomic E-state index is -0.865. The molecule has 0 aliphatic carbocycles. The zero-order valence-corrected chi connectivity index (χ0v) is 20.2. The van der Waals surface area contributed by atoms with Crippen molar-refractivity contribution in [2.45, 2.75) is 13.0 Å². The summed E-state index contributed by atoms with van der Waals surface area (Å²) in [5.41, 5.74) is 6.48. The summed E-state index contributed by atoms with van der Waals surface area (Å²) in [5.74, 6) is -0.462. The molecule has 0 saturated carbocycles. The van der Waals surface area contributed by atoms with Gasteiger partial charge in [0.1, 0.15) is 22.8 Å². The van der Waals surface area contributed by atoms with Crippen LogP contribution < -0.4 is 21.9 Å². The van der Waals surface area contributed by atoms with Gasteiger partial charge in [0.2, 0.25) is 0 Å². The van der Waals surface area contributed by atoms with E-state index in [-0.39, 0.29) is 17.3 Å². The number of amides is 3. The van der Waals surface area contributed by atoms with E-state index in [9.17, 15) is 14.4 Å². The van der Waals surface area contributed by atoms with E-state index < -0.39 is 17.5 Å². The van der Waals surface area contributed by atoms with Crippen LogP contribution in [0.3, 0.4) is 0 Å². The van der Waals surface area contributed by atoms with Gasteiger partial charge in [-0.15, -0.1) is 0 Å². The molecule has 0 bridgehead atoms. The van der Waals surface area contributed by atoms with Gasteiger partial charge in [0.05, 0.1) is 24.9 Å². The van der Waals surface area contributed by atoms with Gasteiger partial charge in [-0.25, -0.2) is 14.2 Å². The molecule has 13 nitrogen and oxygen atoms in total. The van der Waals surface area contributed by atoms with Gasteiger partial charge in [0.15, 0.2) is 0 Å². The standard InChI is InChI=1S/C23H28N8O5/c1-14-19(18-11-17(20(24)32)22(33)29(2)27-18)28-31(16-7-5-4-6-8-16)21(14)26-23(34)25-15-12-30(36-13-15)9-10-35-3/h4-8,11,15H,9-10,12-13H2,1-3H3,(H2,24,32)(H2,25,26,34)/t15-/m1/s1. The quantitative estimate of drug-likeness (QED) is 0.405. The maximum atomic E-state index is 12.9. The number of nitrogens with zero attached hydrogens (tertiary/aromatic N) is 5. The third-order valence-corrected chi connectivity index (χ3v) is 5.69. The molecular formula is C23H28N8O5. The van der Waals surface area contributed by atoms with Crippen LogP contribution in [0.25, 0.3) is 17.1 Å². The molecule has 4 N–H and O–H groups in total. The van der Waals surface area contributed by atoms with Crippen LogP contribution in [0.2, 0.25) is 0 Å². The highest BCUT2D eigenvalue weighted by atomic mass is 16.7. The van der Waals surface area contributed by atoms with Gasteiger partial charge in [-0.1, -0.05) is 18.2 Å². The first-order valence-electron chi connectivity index (χ1n) is 11.3. The monoisotopic (exact) mass is 496 g/mol. The molecule has 0 radical (unpaired) electrons. The summed E-state index contributed by atoms with van der Waals surface area (Å²) < 4.78 is 7.66. The lowest BCUT2D eigenvalue weighted by atomic mass is 10.1. The summed E-state index contributed by atoms with van der Waals surface area (Å²) in [5, 5.41) is 16.4. The topological polar surface area (TPSA) is 159 Å². The first-order valence-corrected chi connectivity index (χ1v) is 11.3. The number of methoxy groups -OCH3 is 1. The average Bonchev–Trinajstić information content (AvgIpc) is 3.44. The van der Waals surface area contributed by atoms with Crippen molar-refractivity contribution in [3.63, 3.8) is 0 Å². The van der Waals surface area contributed by atoms with Gasteiger partial charge in [0, 0.05) is 32.8 Å². The zero-order valence-electron chi connectivity index (χ0n) is 20.2. The minimum absolute atomic E-state index is 0.206. The fraction of sp³-hybridized carbons (Fsp3) is 0.348. The Hall–Kier alpha value is -4.07. The molecule has 36 heavy (non-hydrogen) atoms. The summed E-state index contributed by atoms with van der Waals surface area (Å²) in [6.45, 7) is 3.75. The Morgan fingerprint density at radius 1 is 1.25 bits per heavy atom. The van der Waals surface area contributed by atoms with Crippen molar-refractivity contribution in [1.82, 2.24) is 29.9 Å². The number of carbonyl (C=O) groups is 2. The lowest BCUT2D eigenvalue weighted by molar-refractivity contribution is -0.118. The largest absolute Gasteiger partial charge is 0.383 e. The van der Waals surface area contributed by atoms with Crippen molar-refractivity contribution in [2.75, 3.05) is 38.7 Å². The molecule has 3 heterocycles. The molecule has 4 rings (SSSR count). The summed E-state index contributed by atoms with van der Waals surface area (Å²) in [7, 11) is 3.04. The highest BCUT2D eigenvalue weighted by Crippen LogP contribution is 2.29. The van der Waals surface area contributed by atoms with E-state index >= 15 is 0 Å². The number of anilines is 1. The number of aryl methyl sites for hydroxylation is 1. The second kappa shape index (κ2) is 10.7. The summed E-state index contributed by atoms with van der Waals surface area (Å²) >= 11 is 0. The first kappa shape index (κ1) is 25.0. The van der Waals surface area contributed by atoms with Crippen molar-refractivity contribution in [3.05, 3.63) is 57.9 Å². The van der Waals surface area contributed by atoms with Crippen molar-refractivity contribution in [2.24, 2.45) is 12.8 Å². The lowest BCUT2D eigenvalue weighted by Gasteiger charge is -2.15. The molecule has 1 aliphatic rings. The SMILES string of the molecule is COCCN1C[C@@H](NC(=O)Nc2c(C)c(-c3cc(C(N)=O)c(=O)n(C)n3)nn2-c2ccccc2)CO1. The Bertz CT molecular complexity index is 1320. The van der Waals surface area contributed by atoms with E-state index in [1.165, 1.54) is 13.1 Å². The van der Waals surface area contributed by atoms with Gasteiger partial charge < -0.3 is 15.8 Å². The third-order valence-electron chi connectivity index (χ3n) is 5.69. The van der Waals surface area contributed by atoms with E-state index in [1.807, 2.05) is 30.3 Å². The molecule has 1 fully saturated rings. The number of para-hydroxylation sites is 1. The van der Waals surface area contributed by atoms with Crippen LogP contribution in [0, 0.1) is 6.92 Å². The van der Waals surface area contributed by atoms with Gasteiger partial charge >= 0.3 is 6.03 Å². The second-order valence-corrected chi connectivity index (χ2v) is 8.28. The molecule has 1 aliphatic heterocycles. The van der Waals surface area contributed by atoms with Crippen molar-refractivity contribution < 1.29 is 19.2 Å². The first-order chi connectivity index (χ1) is 17.3. The summed E-state index contributed by atoms with van der Waals surface area (Å²) in [6, 6.07) is 9.88. The Balaban J connectivity index is 1.65. The van der Waals surface area contributed by atoms with E-state index in [4.69, 9.17) is 15.3 Å². The molecule has 3 aromatic rings. The number of ether oxygens (including phenoxy) is 1. The fourth-order valence-electron chi connectivity index (χ4n) is 3.85. The minimum Gasteiger partial charge on any atom is -0.383 e. The third kappa shape index (κ3) is 5.27. The van der Waals surface area contributed by atoms with Gasteiger partial charge in [-0.2, -0.15) is 15.3 Å². The molecule has 0 spiro atoms. The van der Waals surface area contributed by atoms with Crippen LogP contribution in [0.1, 0.15) is 15.9 Å². The summed E-state index contributed by atoms with van der Waals surface area (Å²) in [4.78, 5) is 42.5. The molecule has 3 amide bonds. The lowest BCUT2D eigenvalue weighted by Crippen LogP contribution is -2.41. The number of primary amides is 1. The van der Waals surface area contributed by atoms with Crippen LogP contribution in [-0.4, -0.2) is 76.0 Å². The summed E-state index contributed by atoms with van der Waals surface area (Å²) in [6.07, 6.45) is 0. The predicted molar refractivity (Wildman–Crippen MR) is 131 cm³/mol. The molecule has 1 aromatic carbocycles. The van der Waals surface area contributed by atoms with E-state index in [2.05, 4.69) is 20.8 Å². The van der Waals surface area contributed by atoms with Crippen LogP contribution in [0.15, 0.2) is 41.2 Å². The van der Waals surface area contributed by atoms with E-state index in [1.54, 1.807) is 23.8 Å². The Labute approximate surface area is 206 Å². The fourth-order valence-corrected chi connectivity index (χ4v) is 3.85. The predicted octanol–water partition coefficient (Wildman–Crippen LogP) is 0.424. The van der Waals surface area contributed by atoms with Crippen molar-refractivity contribution >= 4 is 17.8 Å². The maximum absolute atomic E-state index is 12.9. The number of hydrogen-bond donors (Lipinski definition) is 3. The molecule has 13 heteroatoms. The highest BCUT2D eigenvalue weighted by molar-refractivity contribution is 5.94. The van der Waals surface area contributed by atoms with Gasteiger partial charge in [-0.05, 0) is 25.1 Å². The van der Waals surface area contributed by atoms with Crippen LogP contribution in [-0.2, 0) is 16.6 Å². The number of urea groups is 1. The van der Waals surface area contributed by atoms with Gasteiger partial charge in [0.25, 0.3) is 11.5 Å².